The van der Waals surface area contributed by atoms with Crippen molar-refractivity contribution in [3.05, 3.63) is 57.6 Å². The molecule has 0 saturated carbocycles. The Labute approximate surface area is 163 Å². The molecule has 2 aromatic rings. The zero-order valence-electron chi connectivity index (χ0n) is 15.0. The molecule has 0 aliphatic heterocycles. The van der Waals surface area contributed by atoms with Gasteiger partial charge in [-0.3, -0.25) is 0 Å². The summed E-state index contributed by atoms with van der Waals surface area (Å²) in [7, 11) is -4.51. The van der Waals surface area contributed by atoms with Crippen molar-refractivity contribution in [3.8, 4) is 0 Å². The van der Waals surface area contributed by atoms with Gasteiger partial charge in [0.1, 0.15) is 0 Å². The van der Waals surface area contributed by atoms with E-state index < -0.39 is 65.8 Å². The smallest absolute Gasteiger partial charge is 0.336 e. The summed E-state index contributed by atoms with van der Waals surface area (Å²) in [6.07, 6.45) is 0. The molecular weight excluding hydrogens is 408 g/mol. The first-order valence-electron chi connectivity index (χ1n) is 7.77. The highest BCUT2D eigenvalue weighted by Gasteiger charge is 2.31. The van der Waals surface area contributed by atoms with Crippen LogP contribution in [0.2, 0.25) is 0 Å². The predicted molar refractivity (Wildman–Crippen MR) is 95.6 cm³/mol. The topological polar surface area (TPSA) is 183 Å². The van der Waals surface area contributed by atoms with E-state index in [1.54, 1.807) is 0 Å². The number of carboxylic acid groups (broad SMARTS) is 4. The van der Waals surface area contributed by atoms with E-state index >= 15 is 0 Å². The van der Waals surface area contributed by atoms with Gasteiger partial charge in [0.2, 0.25) is 9.84 Å². The number of sulfone groups is 1. The molecule has 0 heterocycles. The third-order valence-electron chi connectivity index (χ3n) is 4.30. The Morgan fingerprint density at radius 1 is 0.621 bits per heavy atom. The molecule has 2 aromatic carbocycles. The summed E-state index contributed by atoms with van der Waals surface area (Å²) < 4.78 is 26.2. The summed E-state index contributed by atoms with van der Waals surface area (Å²) >= 11 is 0. The minimum absolute atomic E-state index is 0.351. The van der Waals surface area contributed by atoms with Crippen molar-refractivity contribution >= 4 is 33.7 Å². The second-order valence-electron chi connectivity index (χ2n) is 5.95. The van der Waals surface area contributed by atoms with Crippen molar-refractivity contribution < 1.29 is 48.0 Å². The summed E-state index contributed by atoms with van der Waals surface area (Å²) in [6.45, 7) is 2.23. The van der Waals surface area contributed by atoms with Crippen LogP contribution in [0.3, 0.4) is 0 Å². The van der Waals surface area contributed by atoms with E-state index in [0.29, 0.717) is 0 Å². The molecule has 29 heavy (non-hydrogen) atoms. The van der Waals surface area contributed by atoms with E-state index in [1.807, 2.05) is 0 Å². The summed E-state index contributed by atoms with van der Waals surface area (Å²) in [5, 5.41) is 36.9. The normalized spacial score (nSPS) is 11.1. The Morgan fingerprint density at radius 2 is 0.931 bits per heavy atom. The van der Waals surface area contributed by atoms with Crippen LogP contribution >= 0.6 is 0 Å². The minimum atomic E-state index is -4.51. The molecule has 0 unspecified atom stereocenters. The molecule has 2 rings (SSSR count). The SMILES string of the molecule is Cc1c(S(=O)(=O)c2ccc(C(=O)O)c(C(=O)O)c2C)ccc(C(=O)O)c1C(=O)O. The van der Waals surface area contributed by atoms with Crippen molar-refractivity contribution in [2.24, 2.45) is 0 Å². The van der Waals surface area contributed by atoms with Gasteiger partial charge in [0, 0.05) is 0 Å². The molecule has 0 atom stereocenters. The summed E-state index contributed by atoms with van der Waals surface area (Å²) in [5.41, 5.74) is -3.38. The Balaban J connectivity index is 2.88. The highest BCUT2D eigenvalue weighted by Crippen LogP contribution is 2.32. The number of carboxylic acids is 4. The fourth-order valence-electron chi connectivity index (χ4n) is 2.99. The fraction of sp³-hybridized carbons (Fsp3) is 0.111. The molecule has 0 spiro atoms. The monoisotopic (exact) mass is 422 g/mol. The molecular formula is C18H14O10S. The lowest BCUT2D eigenvalue weighted by Crippen LogP contribution is -2.17. The number of benzene rings is 2. The van der Waals surface area contributed by atoms with Crippen LogP contribution in [0.5, 0.6) is 0 Å². The van der Waals surface area contributed by atoms with E-state index in [9.17, 15) is 37.8 Å². The number of hydrogen-bond acceptors (Lipinski definition) is 6. The zero-order valence-corrected chi connectivity index (χ0v) is 15.8. The van der Waals surface area contributed by atoms with Crippen LogP contribution in [0.25, 0.3) is 0 Å². The first kappa shape index (κ1) is 21.6. The Hall–Kier alpha value is -3.73. The second kappa shape index (κ2) is 7.36. The lowest BCUT2D eigenvalue weighted by atomic mass is 10.0. The molecule has 0 aliphatic carbocycles. The van der Waals surface area contributed by atoms with Gasteiger partial charge in [0.05, 0.1) is 32.0 Å². The standard InChI is InChI=1S/C18H14O10S/c1-7-11(5-3-9(15(19)20)13(7)17(23)24)29(27,28)12-6-4-10(16(21)22)14(8(12)2)18(25)26/h3-6H,1-2H3,(H,19,20)(H,21,22)(H,23,24)(H,25,26). The van der Waals surface area contributed by atoms with Crippen LogP contribution in [0.1, 0.15) is 52.6 Å². The molecule has 11 heteroatoms. The first-order chi connectivity index (χ1) is 13.3. The van der Waals surface area contributed by atoms with Crippen molar-refractivity contribution in [2.75, 3.05) is 0 Å². The summed E-state index contributed by atoms with van der Waals surface area (Å²) in [6, 6.07) is 3.46. The van der Waals surface area contributed by atoms with Gasteiger partial charge in [-0.25, -0.2) is 27.6 Å². The number of hydrogen-bond donors (Lipinski definition) is 4. The highest BCUT2D eigenvalue weighted by molar-refractivity contribution is 7.91. The highest BCUT2D eigenvalue weighted by atomic mass is 32.2. The van der Waals surface area contributed by atoms with Crippen LogP contribution in [0.4, 0.5) is 0 Å². The second-order valence-corrected chi connectivity index (χ2v) is 7.83. The molecule has 0 aromatic heterocycles. The van der Waals surface area contributed by atoms with Gasteiger partial charge < -0.3 is 20.4 Å². The van der Waals surface area contributed by atoms with Crippen molar-refractivity contribution in [2.45, 2.75) is 23.6 Å². The molecule has 0 radical (unpaired) electrons. The van der Waals surface area contributed by atoms with Gasteiger partial charge in [-0.1, -0.05) is 0 Å². The quantitative estimate of drug-likeness (QED) is 0.536. The number of rotatable bonds is 6. The number of aromatic carboxylic acids is 4. The third kappa shape index (κ3) is 3.55. The molecule has 10 nitrogen and oxygen atoms in total. The van der Waals surface area contributed by atoms with Crippen LogP contribution in [0.15, 0.2) is 34.1 Å². The average molecular weight is 422 g/mol. The van der Waals surface area contributed by atoms with Crippen LogP contribution in [0, 0.1) is 13.8 Å². The molecule has 0 aliphatic rings. The lowest BCUT2D eigenvalue weighted by Gasteiger charge is -2.15. The van der Waals surface area contributed by atoms with Gasteiger partial charge in [0.25, 0.3) is 0 Å². The zero-order chi connectivity index (χ0) is 22.3. The van der Waals surface area contributed by atoms with E-state index in [2.05, 4.69) is 0 Å². The van der Waals surface area contributed by atoms with Crippen molar-refractivity contribution in [1.82, 2.24) is 0 Å². The lowest BCUT2D eigenvalue weighted by molar-refractivity contribution is 0.0650. The van der Waals surface area contributed by atoms with Gasteiger partial charge in [0.15, 0.2) is 0 Å². The Kier molecular flexibility index (Phi) is 5.47. The van der Waals surface area contributed by atoms with Crippen LogP contribution < -0.4 is 0 Å². The van der Waals surface area contributed by atoms with Gasteiger partial charge in [-0.2, -0.15) is 0 Å². The summed E-state index contributed by atoms with van der Waals surface area (Å²) in [4.78, 5) is 44.4. The third-order valence-corrected chi connectivity index (χ3v) is 6.34. The van der Waals surface area contributed by atoms with E-state index in [4.69, 9.17) is 10.2 Å². The van der Waals surface area contributed by atoms with Crippen LogP contribution in [-0.2, 0) is 9.84 Å². The molecule has 0 amide bonds. The summed E-state index contributed by atoms with van der Waals surface area (Å²) in [5.74, 6) is -6.43. The molecule has 0 saturated heterocycles. The minimum Gasteiger partial charge on any atom is -0.478 e. The van der Waals surface area contributed by atoms with E-state index in [1.165, 1.54) is 0 Å². The predicted octanol–water partition coefficient (Wildman–Crippen LogP) is 1.93. The average Bonchev–Trinajstić information content (AvgIpc) is 2.59. The van der Waals surface area contributed by atoms with E-state index in [0.717, 1.165) is 38.1 Å². The Morgan fingerprint density at radius 3 is 1.17 bits per heavy atom. The van der Waals surface area contributed by atoms with Gasteiger partial charge in [-0.05, 0) is 49.2 Å². The maximum atomic E-state index is 13.1. The molecule has 4 N–H and O–H groups in total. The van der Waals surface area contributed by atoms with Crippen LogP contribution in [-0.4, -0.2) is 52.7 Å². The Bertz CT molecular complexity index is 1100. The van der Waals surface area contributed by atoms with Crippen molar-refractivity contribution in [1.29, 1.82) is 0 Å². The maximum absolute atomic E-state index is 13.1. The maximum Gasteiger partial charge on any atom is 0.336 e. The number of carbonyl (C=O) groups is 4. The van der Waals surface area contributed by atoms with Crippen molar-refractivity contribution in [3.63, 3.8) is 0 Å². The molecule has 0 fully saturated rings. The van der Waals surface area contributed by atoms with E-state index in [-0.39, 0.29) is 11.1 Å². The molecule has 0 bridgehead atoms. The fourth-order valence-corrected chi connectivity index (χ4v) is 4.74. The van der Waals surface area contributed by atoms with Gasteiger partial charge in [-0.15, -0.1) is 0 Å². The largest absolute Gasteiger partial charge is 0.478 e. The molecule has 152 valence electrons. The first-order valence-corrected chi connectivity index (χ1v) is 9.26. The van der Waals surface area contributed by atoms with Gasteiger partial charge >= 0.3 is 23.9 Å².